The molecule has 2 heterocycles. The molecule has 5 nitrogen and oxygen atoms in total. The van der Waals surface area contributed by atoms with Gasteiger partial charge < -0.3 is 14.5 Å². The molecule has 2 saturated heterocycles. The third kappa shape index (κ3) is 3.14. The Labute approximate surface area is 130 Å². The molecule has 0 unspecified atom stereocenters. The first-order valence-electron chi connectivity index (χ1n) is 7.91. The smallest absolute Gasteiger partial charge is 0.251 e. The van der Waals surface area contributed by atoms with E-state index in [9.17, 15) is 9.59 Å². The molecule has 0 bridgehead atoms. The molecule has 1 amide bonds. The van der Waals surface area contributed by atoms with Gasteiger partial charge >= 0.3 is 0 Å². The summed E-state index contributed by atoms with van der Waals surface area (Å²) in [6, 6.07) is 7.69. The minimum atomic E-state index is -0.221. The van der Waals surface area contributed by atoms with Gasteiger partial charge in [-0.05, 0) is 44.0 Å². The first kappa shape index (κ1) is 15.0. The molecule has 0 aromatic heterocycles. The van der Waals surface area contributed by atoms with Gasteiger partial charge in [-0.25, -0.2) is 0 Å². The van der Waals surface area contributed by atoms with Crippen molar-refractivity contribution < 1.29 is 14.3 Å². The lowest BCUT2D eigenvalue weighted by Crippen LogP contribution is -2.51. The van der Waals surface area contributed by atoms with Crippen molar-refractivity contribution in [2.45, 2.75) is 25.9 Å². The van der Waals surface area contributed by atoms with Crippen molar-refractivity contribution in [3.8, 4) is 0 Å². The van der Waals surface area contributed by atoms with Crippen molar-refractivity contribution in [3.05, 3.63) is 29.8 Å². The second-order valence-electron chi connectivity index (χ2n) is 5.92. The van der Waals surface area contributed by atoms with E-state index < -0.39 is 0 Å². The molecule has 2 aliphatic heterocycles. The summed E-state index contributed by atoms with van der Waals surface area (Å²) < 4.78 is 5.48. The van der Waals surface area contributed by atoms with Crippen LogP contribution in [0.15, 0.2) is 24.3 Å². The van der Waals surface area contributed by atoms with Gasteiger partial charge in [-0.2, -0.15) is 0 Å². The van der Waals surface area contributed by atoms with E-state index >= 15 is 0 Å². The summed E-state index contributed by atoms with van der Waals surface area (Å²) >= 11 is 0. The van der Waals surface area contributed by atoms with Crippen LogP contribution >= 0.6 is 0 Å². The number of amides is 1. The monoisotopic (exact) mass is 302 g/mol. The molecule has 2 fully saturated rings. The Morgan fingerprint density at radius 2 is 1.77 bits per heavy atom. The van der Waals surface area contributed by atoms with Crippen LogP contribution in [0.25, 0.3) is 0 Å². The van der Waals surface area contributed by atoms with Gasteiger partial charge in [0.15, 0.2) is 5.78 Å². The lowest BCUT2D eigenvalue weighted by Gasteiger charge is -2.37. The highest BCUT2D eigenvalue weighted by molar-refractivity contribution is 5.94. The molecule has 0 spiro atoms. The van der Waals surface area contributed by atoms with Crippen molar-refractivity contribution in [3.63, 3.8) is 0 Å². The van der Waals surface area contributed by atoms with Gasteiger partial charge in [-0.3, -0.25) is 9.59 Å². The zero-order valence-electron chi connectivity index (χ0n) is 13.0. The van der Waals surface area contributed by atoms with Gasteiger partial charge in [0.2, 0.25) is 0 Å². The van der Waals surface area contributed by atoms with Crippen molar-refractivity contribution in [2.75, 3.05) is 37.7 Å². The zero-order valence-corrected chi connectivity index (χ0v) is 13.0. The van der Waals surface area contributed by atoms with E-state index in [0.29, 0.717) is 6.61 Å². The maximum atomic E-state index is 12.3. The average molecular weight is 302 g/mol. The Kier molecular flexibility index (Phi) is 4.43. The highest BCUT2D eigenvalue weighted by Gasteiger charge is 2.30. The van der Waals surface area contributed by atoms with Gasteiger partial charge in [0.05, 0.1) is 0 Å². The maximum Gasteiger partial charge on any atom is 0.251 e. The molecule has 1 aromatic rings. The predicted octanol–water partition coefficient (Wildman–Crippen LogP) is 1.72. The molecule has 0 aliphatic carbocycles. The second kappa shape index (κ2) is 6.48. The fourth-order valence-corrected chi connectivity index (χ4v) is 3.07. The van der Waals surface area contributed by atoms with Crippen LogP contribution < -0.4 is 4.90 Å². The minimum Gasteiger partial charge on any atom is -0.368 e. The molecule has 2 aliphatic rings. The van der Waals surface area contributed by atoms with Crippen LogP contribution in [0.4, 0.5) is 5.69 Å². The Balaban J connectivity index is 1.57. The molecule has 3 rings (SSSR count). The third-order valence-corrected chi connectivity index (χ3v) is 4.44. The number of ketones is 1. The van der Waals surface area contributed by atoms with E-state index in [4.69, 9.17) is 4.74 Å². The number of carbonyl (C=O) groups is 2. The molecule has 22 heavy (non-hydrogen) atoms. The number of hydrogen-bond donors (Lipinski definition) is 0. The number of anilines is 1. The number of piperazine rings is 1. The van der Waals surface area contributed by atoms with E-state index in [-0.39, 0.29) is 17.8 Å². The van der Waals surface area contributed by atoms with Crippen LogP contribution in [0.3, 0.4) is 0 Å². The normalized spacial score (nSPS) is 22.0. The first-order valence-corrected chi connectivity index (χ1v) is 7.91. The largest absolute Gasteiger partial charge is 0.368 e. The topological polar surface area (TPSA) is 49.9 Å². The van der Waals surface area contributed by atoms with Crippen LogP contribution in [0.2, 0.25) is 0 Å². The van der Waals surface area contributed by atoms with Crippen molar-refractivity contribution in [1.29, 1.82) is 0 Å². The highest BCUT2D eigenvalue weighted by Crippen LogP contribution is 2.20. The van der Waals surface area contributed by atoms with Crippen LogP contribution in [0, 0.1) is 0 Å². The van der Waals surface area contributed by atoms with Crippen LogP contribution in [0.1, 0.15) is 30.1 Å². The van der Waals surface area contributed by atoms with Gasteiger partial charge in [0.25, 0.3) is 5.91 Å². The van der Waals surface area contributed by atoms with Gasteiger partial charge in [0.1, 0.15) is 6.10 Å². The predicted molar refractivity (Wildman–Crippen MR) is 84.2 cm³/mol. The number of ether oxygens (including phenoxy) is 1. The number of hydrogen-bond acceptors (Lipinski definition) is 4. The summed E-state index contributed by atoms with van der Waals surface area (Å²) in [6.07, 6.45) is 1.62. The maximum absolute atomic E-state index is 12.3. The summed E-state index contributed by atoms with van der Waals surface area (Å²) in [7, 11) is 0. The van der Waals surface area contributed by atoms with Crippen LogP contribution in [0.5, 0.6) is 0 Å². The number of benzene rings is 1. The molecule has 0 N–H and O–H groups in total. The number of nitrogens with zero attached hydrogens (tertiary/aromatic N) is 2. The van der Waals surface area contributed by atoms with Gasteiger partial charge in [0, 0.05) is 44.0 Å². The lowest BCUT2D eigenvalue weighted by atomic mass is 10.1. The number of carbonyl (C=O) groups excluding carboxylic acids is 2. The Morgan fingerprint density at radius 1 is 1.09 bits per heavy atom. The van der Waals surface area contributed by atoms with E-state index in [1.54, 1.807) is 6.92 Å². The van der Waals surface area contributed by atoms with Crippen molar-refractivity contribution >= 4 is 17.4 Å². The third-order valence-electron chi connectivity index (χ3n) is 4.44. The Bertz CT molecular complexity index is 542. The average Bonchev–Trinajstić information content (AvgIpc) is 3.09. The number of Topliss-reactive ketones (excluding diaryl/α,β-unsaturated/α-hetero) is 1. The molecule has 0 saturated carbocycles. The molecule has 118 valence electrons. The van der Waals surface area contributed by atoms with Crippen LogP contribution in [-0.2, 0) is 9.53 Å². The fraction of sp³-hybridized carbons (Fsp3) is 0.529. The van der Waals surface area contributed by atoms with E-state index in [1.165, 1.54) is 0 Å². The summed E-state index contributed by atoms with van der Waals surface area (Å²) in [5.41, 5.74) is 1.84. The van der Waals surface area contributed by atoms with E-state index in [2.05, 4.69) is 4.90 Å². The van der Waals surface area contributed by atoms with Gasteiger partial charge in [-0.15, -0.1) is 0 Å². The molecule has 5 heteroatoms. The molecule has 1 atom stereocenters. The van der Waals surface area contributed by atoms with Crippen molar-refractivity contribution in [2.24, 2.45) is 0 Å². The Hall–Kier alpha value is -1.88. The molecule has 1 aromatic carbocycles. The lowest BCUT2D eigenvalue weighted by molar-refractivity contribution is -0.141. The summed E-state index contributed by atoms with van der Waals surface area (Å²) in [5.74, 6) is 0.225. The summed E-state index contributed by atoms with van der Waals surface area (Å²) in [6.45, 7) is 5.37. The minimum absolute atomic E-state index is 0.0820. The summed E-state index contributed by atoms with van der Waals surface area (Å²) in [4.78, 5) is 27.8. The quantitative estimate of drug-likeness (QED) is 0.798. The second-order valence-corrected chi connectivity index (χ2v) is 5.92. The van der Waals surface area contributed by atoms with Crippen LogP contribution in [-0.4, -0.2) is 55.5 Å². The SMILES string of the molecule is CC(=O)c1ccc(N2CCN(C(=O)[C@H]3CCCO3)CC2)cc1. The zero-order chi connectivity index (χ0) is 15.5. The molecular weight excluding hydrogens is 280 g/mol. The molecule has 0 radical (unpaired) electrons. The standard InChI is InChI=1S/C17H22N2O3/c1-13(20)14-4-6-15(7-5-14)18-8-10-19(11-9-18)17(21)16-3-2-12-22-16/h4-7,16H,2-3,8-12H2,1H3/t16-/m1/s1. The Morgan fingerprint density at radius 3 is 2.32 bits per heavy atom. The summed E-state index contributed by atoms with van der Waals surface area (Å²) in [5, 5.41) is 0. The fourth-order valence-electron chi connectivity index (χ4n) is 3.07. The van der Waals surface area contributed by atoms with E-state index in [0.717, 1.165) is 50.3 Å². The highest BCUT2D eigenvalue weighted by atomic mass is 16.5. The first-order chi connectivity index (χ1) is 10.6. The molecular formula is C17H22N2O3. The van der Waals surface area contributed by atoms with E-state index in [1.807, 2.05) is 29.2 Å². The number of rotatable bonds is 3. The van der Waals surface area contributed by atoms with Gasteiger partial charge in [-0.1, -0.05) is 0 Å². The van der Waals surface area contributed by atoms with Crippen molar-refractivity contribution in [1.82, 2.24) is 4.90 Å².